The van der Waals surface area contributed by atoms with Crippen molar-refractivity contribution in [3.8, 4) is 0 Å². The Morgan fingerprint density at radius 2 is 1.83 bits per heavy atom. The lowest BCUT2D eigenvalue weighted by atomic mass is 9.97. The molecule has 0 unspecified atom stereocenters. The standard InChI is InChI=1S/C22H28N2O6/c1-13-16-11-15(5-6-17(16)23-19(13)26)18(25)12-29-20(27)14-7-9-24(10-8-14)21(28)30-22(2,3)4/h5-6,11,13-14H,7-10,12H2,1-4H3,(H,23,26)/t13-/m0/s1. The second kappa shape index (κ2) is 8.45. The molecule has 3 rings (SSSR count). The quantitative estimate of drug-likeness (QED) is 0.598. The van der Waals surface area contributed by atoms with Crippen molar-refractivity contribution in [1.29, 1.82) is 0 Å². The highest BCUT2D eigenvalue weighted by molar-refractivity contribution is 6.05. The van der Waals surface area contributed by atoms with Crippen LogP contribution >= 0.6 is 0 Å². The van der Waals surface area contributed by atoms with Crippen molar-refractivity contribution in [2.75, 3.05) is 25.0 Å². The third-order valence-corrected chi connectivity index (χ3v) is 5.32. The Morgan fingerprint density at radius 3 is 2.47 bits per heavy atom. The van der Waals surface area contributed by atoms with E-state index in [2.05, 4.69) is 5.32 Å². The largest absolute Gasteiger partial charge is 0.457 e. The van der Waals surface area contributed by atoms with Crippen LogP contribution in [0.1, 0.15) is 62.4 Å². The minimum atomic E-state index is -0.564. The number of hydrogen-bond donors (Lipinski definition) is 1. The second-order valence-electron chi connectivity index (χ2n) is 8.79. The molecule has 2 aliphatic heterocycles. The number of carbonyl (C=O) groups is 4. The van der Waals surface area contributed by atoms with Crippen LogP contribution in [-0.4, -0.2) is 54.0 Å². The summed E-state index contributed by atoms with van der Waals surface area (Å²) >= 11 is 0. The van der Waals surface area contributed by atoms with Crippen LogP contribution in [0.2, 0.25) is 0 Å². The summed E-state index contributed by atoms with van der Waals surface area (Å²) in [5.41, 5.74) is 1.32. The SMILES string of the molecule is C[C@@H]1C(=O)Nc2ccc(C(=O)COC(=O)C3CCN(C(=O)OC(C)(C)C)CC3)cc21. The van der Waals surface area contributed by atoms with Crippen LogP contribution < -0.4 is 5.32 Å². The van der Waals surface area contributed by atoms with Crippen LogP contribution in [0.5, 0.6) is 0 Å². The zero-order valence-corrected chi connectivity index (χ0v) is 17.8. The first kappa shape index (κ1) is 21.8. The number of anilines is 1. The van der Waals surface area contributed by atoms with Crippen molar-refractivity contribution >= 4 is 29.4 Å². The van der Waals surface area contributed by atoms with Gasteiger partial charge in [0.25, 0.3) is 0 Å². The van der Waals surface area contributed by atoms with Crippen molar-refractivity contribution in [2.45, 2.75) is 52.1 Å². The van der Waals surface area contributed by atoms with Crippen molar-refractivity contribution in [1.82, 2.24) is 4.90 Å². The third-order valence-electron chi connectivity index (χ3n) is 5.32. The summed E-state index contributed by atoms with van der Waals surface area (Å²) in [5.74, 6) is -1.51. The predicted molar refractivity (Wildman–Crippen MR) is 109 cm³/mol. The Kier molecular flexibility index (Phi) is 6.14. The predicted octanol–water partition coefficient (Wildman–Crippen LogP) is 3.12. The molecule has 1 atom stereocenters. The van der Waals surface area contributed by atoms with E-state index in [0.717, 1.165) is 5.56 Å². The number of likely N-dealkylation sites (tertiary alicyclic amines) is 1. The van der Waals surface area contributed by atoms with Crippen molar-refractivity contribution in [3.63, 3.8) is 0 Å². The molecule has 162 valence electrons. The topological polar surface area (TPSA) is 102 Å². The molecule has 30 heavy (non-hydrogen) atoms. The first-order valence-corrected chi connectivity index (χ1v) is 10.2. The normalized spacial score (nSPS) is 19.1. The molecule has 0 spiro atoms. The average Bonchev–Trinajstić information content (AvgIpc) is 2.98. The first-order chi connectivity index (χ1) is 14.0. The number of amides is 2. The molecule has 0 radical (unpaired) electrons. The molecule has 0 aliphatic carbocycles. The number of esters is 1. The van der Waals surface area contributed by atoms with E-state index in [9.17, 15) is 19.2 Å². The van der Waals surface area contributed by atoms with Gasteiger partial charge in [-0.15, -0.1) is 0 Å². The van der Waals surface area contributed by atoms with Gasteiger partial charge in [0.2, 0.25) is 5.91 Å². The maximum atomic E-state index is 12.4. The minimum absolute atomic E-state index is 0.0984. The van der Waals surface area contributed by atoms with Crippen molar-refractivity contribution < 1.29 is 28.7 Å². The second-order valence-corrected chi connectivity index (χ2v) is 8.79. The highest BCUT2D eigenvalue weighted by Gasteiger charge is 2.31. The van der Waals surface area contributed by atoms with Crippen LogP contribution in [0.3, 0.4) is 0 Å². The van der Waals surface area contributed by atoms with Gasteiger partial charge in [-0.3, -0.25) is 14.4 Å². The number of carbonyl (C=O) groups excluding carboxylic acids is 4. The number of fused-ring (bicyclic) bond motifs is 1. The van der Waals surface area contributed by atoms with Gasteiger partial charge in [-0.05, 0) is 64.3 Å². The van der Waals surface area contributed by atoms with Crippen molar-refractivity contribution in [2.24, 2.45) is 5.92 Å². The number of hydrogen-bond acceptors (Lipinski definition) is 6. The Bertz CT molecular complexity index is 865. The van der Waals surface area contributed by atoms with Crippen LogP contribution in [0.15, 0.2) is 18.2 Å². The lowest BCUT2D eigenvalue weighted by Crippen LogP contribution is -2.43. The number of benzene rings is 1. The molecular formula is C22H28N2O6. The highest BCUT2D eigenvalue weighted by atomic mass is 16.6. The summed E-state index contributed by atoms with van der Waals surface area (Å²) in [7, 11) is 0. The van der Waals surface area contributed by atoms with Crippen LogP contribution in [-0.2, 0) is 19.1 Å². The average molecular weight is 416 g/mol. The fraction of sp³-hybridized carbons (Fsp3) is 0.545. The van der Waals surface area contributed by atoms with E-state index >= 15 is 0 Å². The Balaban J connectivity index is 1.48. The number of nitrogens with zero attached hydrogens (tertiary/aromatic N) is 1. The van der Waals surface area contributed by atoms with Gasteiger partial charge >= 0.3 is 12.1 Å². The smallest absolute Gasteiger partial charge is 0.410 e. The molecule has 0 aromatic heterocycles. The van der Waals surface area contributed by atoms with E-state index in [4.69, 9.17) is 9.47 Å². The summed E-state index contributed by atoms with van der Waals surface area (Å²) in [5, 5.41) is 2.76. The summed E-state index contributed by atoms with van der Waals surface area (Å²) < 4.78 is 10.6. The number of rotatable bonds is 4. The lowest BCUT2D eigenvalue weighted by Gasteiger charge is -2.32. The van der Waals surface area contributed by atoms with Crippen LogP contribution in [0.25, 0.3) is 0 Å². The summed E-state index contributed by atoms with van der Waals surface area (Å²) in [4.78, 5) is 50.2. The molecule has 0 saturated carbocycles. The first-order valence-electron chi connectivity index (χ1n) is 10.2. The molecule has 1 aromatic rings. The van der Waals surface area contributed by atoms with E-state index in [-0.39, 0.29) is 36.2 Å². The molecule has 2 heterocycles. The Hall–Kier alpha value is -2.90. The number of Topliss-reactive ketones (excluding diaryl/α,β-unsaturated/α-hetero) is 1. The minimum Gasteiger partial charge on any atom is -0.457 e. The maximum Gasteiger partial charge on any atom is 0.410 e. The van der Waals surface area contributed by atoms with E-state index in [1.54, 1.807) is 30.0 Å². The summed E-state index contributed by atoms with van der Waals surface area (Å²) in [6.07, 6.45) is 0.551. The highest BCUT2D eigenvalue weighted by Crippen LogP contribution is 2.32. The van der Waals surface area contributed by atoms with Gasteiger partial charge in [-0.2, -0.15) is 0 Å². The molecule has 2 amide bonds. The fourth-order valence-electron chi connectivity index (χ4n) is 3.55. The molecule has 1 fully saturated rings. The summed E-state index contributed by atoms with van der Waals surface area (Å²) in [6, 6.07) is 4.98. The lowest BCUT2D eigenvalue weighted by molar-refractivity contribution is -0.149. The van der Waals surface area contributed by atoms with Gasteiger partial charge < -0.3 is 19.7 Å². The van der Waals surface area contributed by atoms with Gasteiger partial charge in [0, 0.05) is 24.3 Å². The van der Waals surface area contributed by atoms with Gasteiger partial charge in [0.1, 0.15) is 5.60 Å². The third kappa shape index (κ3) is 4.98. The molecular weight excluding hydrogens is 388 g/mol. The number of piperidine rings is 1. The molecule has 8 heteroatoms. The maximum absolute atomic E-state index is 12.4. The number of ether oxygens (including phenoxy) is 2. The summed E-state index contributed by atoms with van der Waals surface area (Å²) in [6.45, 7) is 7.67. The van der Waals surface area contributed by atoms with Crippen molar-refractivity contribution in [3.05, 3.63) is 29.3 Å². The fourth-order valence-corrected chi connectivity index (χ4v) is 3.55. The molecule has 1 aromatic carbocycles. The Morgan fingerprint density at radius 1 is 1.17 bits per heavy atom. The molecule has 8 nitrogen and oxygen atoms in total. The number of ketones is 1. The monoisotopic (exact) mass is 416 g/mol. The molecule has 1 N–H and O–H groups in total. The number of nitrogens with one attached hydrogen (secondary N) is 1. The van der Waals surface area contributed by atoms with Gasteiger partial charge in [0.05, 0.1) is 11.8 Å². The van der Waals surface area contributed by atoms with Gasteiger partial charge in [-0.1, -0.05) is 0 Å². The van der Waals surface area contributed by atoms with Gasteiger partial charge in [0.15, 0.2) is 12.4 Å². The van der Waals surface area contributed by atoms with Crippen LogP contribution in [0, 0.1) is 5.92 Å². The zero-order chi connectivity index (χ0) is 22.1. The van der Waals surface area contributed by atoms with E-state index in [1.165, 1.54) is 0 Å². The van der Waals surface area contributed by atoms with Crippen LogP contribution in [0.4, 0.5) is 10.5 Å². The molecule has 1 saturated heterocycles. The molecule has 2 aliphatic rings. The zero-order valence-electron chi connectivity index (χ0n) is 17.8. The van der Waals surface area contributed by atoms with E-state index in [1.807, 2.05) is 20.8 Å². The van der Waals surface area contributed by atoms with Gasteiger partial charge in [-0.25, -0.2) is 4.79 Å². The van der Waals surface area contributed by atoms with E-state index < -0.39 is 11.6 Å². The Labute approximate surface area is 175 Å². The van der Waals surface area contributed by atoms with E-state index in [0.29, 0.717) is 37.2 Å². The molecule has 0 bridgehead atoms.